The Bertz CT molecular complexity index is 708. The van der Waals surface area contributed by atoms with Gasteiger partial charge in [-0.2, -0.15) is 4.37 Å². The molecule has 0 atom stereocenters. The molecule has 0 bridgehead atoms. The van der Waals surface area contributed by atoms with Crippen LogP contribution in [0, 0.1) is 0 Å². The molecule has 3 aromatic rings. The first kappa shape index (κ1) is 11.4. The number of aromatic amines is 1. The number of halogens is 1. The standard InChI is InChI=1S/C12H13BrN2SSi/c1-17(2,3)10-5-7-4-9(13)12-8(6-14-16-12)11(7)15-10/h4-6,15H,1-3H3. The van der Waals surface area contributed by atoms with Gasteiger partial charge in [0.15, 0.2) is 0 Å². The summed E-state index contributed by atoms with van der Waals surface area (Å²) < 4.78 is 6.65. The molecule has 1 N–H and O–H groups in total. The Morgan fingerprint density at radius 1 is 1.29 bits per heavy atom. The molecular weight excluding hydrogens is 312 g/mol. The fourth-order valence-electron chi connectivity index (χ4n) is 2.00. The van der Waals surface area contributed by atoms with E-state index in [1.807, 2.05) is 6.20 Å². The van der Waals surface area contributed by atoms with Gasteiger partial charge in [-0.1, -0.05) is 19.6 Å². The van der Waals surface area contributed by atoms with Crippen LogP contribution in [-0.4, -0.2) is 17.4 Å². The van der Waals surface area contributed by atoms with E-state index in [9.17, 15) is 0 Å². The second kappa shape index (κ2) is 3.67. The van der Waals surface area contributed by atoms with Gasteiger partial charge in [0.25, 0.3) is 0 Å². The molecule has 0 radical (unpaired) electrons. The first-order chi connectivity index (χ1) is 7.97. The minimum Gasteiger partial charge on any atom is -0.362 e. The van der Waals surface area contributed by atoms with Crippen LogP contribution < -0.4 is 5.32 Å². The largest absolute Gasteiger partial charge is 0.362 e. The quantitative estimate of drug-likeness (QED) is 0.671. The molecule has 0 aliphatic carbocycles. The Balaban J connectivity index is 2.43. The third kappa shape index (κ3) is 1.77. The van der Waals surface area contributed by atoms with Crippen LogP contribution in [0.1, 0.15) is 0 Å². The summed E-state index contributed by atoms with van der Waals surface area (Å²) in [4.78, 5) is 3.60. The van der Waals surface area contributed by atoms with E-state index in [4.69, 9.17) is 0 Å². The van der Waals surface area contributed by atoms with Gasteiger partial charge >= 0.3 is 0 Å². The molecule has 0 fully saturated rings. The van der Waals surface area contributed by atoms with Crippen molar-refractivity contribution in [3.8, 4) is 0 Å². The van der Waals surface area contributed by atoms with Gasteiger partial charge in [0.2, 0.25) is 0 Å². The number of rotatable bonds is 1. The summed E-state index contributed by atoms with van der Waals surface area (Å²) >= 11 is 5.16. The van der Waals surface area contributed by atoms with Gasteiger partial charge in [0.05, 0.1) is 24.5 Å². The molecule has 0 aliphatic heterocycles. The van der Waals surface area contributed by atoms with Gasteiger partial charge in [-0.25, -0.2) is 0 Å². The van der Waals surface area contributed by atoms with E-state index in [1.165, 1.54) is 37.8 Å². The van der Waals surface area contributed by atoms with E-state index < -0.39 is 8.07 Å². The number of fused-ring (bicyclic) bond motifs is 3. The molecule has 5 heteroatoms. The number of H-pyrrole nitrogens is 1. The van der Waals surface area contributed by atoms with Crippen molar-refractivity contribution >= 4 is 61.8 Å². The lowest BCUT2D eigenvalue weighted by Crippen LogP contribution is -2.38. The highest BCUT2D eigenvalue weighted by atomic mass is 79.9. The molecule has 0 unspecified atom stereocenters. The zero-order chi connectivity index (χ0) is 12.2. The molecular formula is C12H13BrN2SSi. The third-order valence-corrected chi connectivity index (χ3v) is 6.60. The van der Waals surface area contributed by atoms with E-state index in [0.29, 0.717) is 0 Å². The van der Waals surface area contributed by atoms with Crippen molar-refractivity contribution in [3.63, 3.8) is 0 Å². The number of nitrogens with zero attached hydrogens (tertiary/aromatic N) is 1. The molecule has 0 aliphatic rings. The third-order valence-electron chi connectivity index (χ3n) is 3.00. The fraction of sp³-hybridized carbons (Fsp3) is 0.250. The SMILES string of the molecule is C[Si](C)(C)c1cc2cc(Br)c3sncc3c2[nH]1. The van der Waals surface area contributed by atoms with Gasteiger partial charge in [-0.3, -0.25) is 0 Å². The minimum absolute atomic E-state index is 1.14. The van der Waals surface area contributed by atoms with Crippen LogP contribution in [0.3, 0.4) is 0 Å². The summed E-state index contributed by atoms with van der Waals surface area (Å²) in [6, 6.07) is 4.49. The number of hydrogen-bond acceptors (Lipinski definition) is 2. The normalized spacial score (nSPS) is 12.7. The van der Waals surface area contributed by atoms with Gasteiger partial charge in [-0.05, 0) is 44.9 Å². The van der Waals surface area contributed by atoms with Crippen LogP contribution in [0.2, 0.25) is 19.6 Å². The highest BCUT2D eigenvalue weighted by Crippen LogP contribution is 2.33. The molecule has 0 saturated heterocycles. The number of nitrogens with one attached hydrogen (secondary N) is 1. The van der Waals surface area contributed by atoms with Gasteiger partial charge in [0.1, 0.15) is 0 Å². The second-order valence-electron chi connectivity index (χ2n) is 5.32. The molecule has 0 spiro atoms. The molecule has 2 heterocycles. The zero-order valence-electron chi connectivity index (χ0n) is 9.97. The van der Waals surface area contributed by atoms with Crippen LogP contribution in [0.25, 0.3) is 21.0 Å². The van der Waals surface area contributed by atoms with Crippen molar-refractivity contribution in [1.82, 2.24) is 9.36 Å². The van der Waals surface area contributed by atoms with Crippen LogP contribution in [0.15, 0.2) is 22.8 Å². The van der Waals surface area contributed by atoms with Gasteiger partial charge < -0.3 is 4.98 Å². The maximum absolute atomic E-state index is 4.29. The number of hydrogen-bond donors (Lipinski definition) is 1. The smallest absolute Gasteiger partial charge is 0.0982 e. The molecule has 3 rings (SSSR count). The molecule has 2 aromatic heterocycles. The highest BCUT2D eigenvalue weighted by molar-refractivity contribution is 9.10. The minimum atomic E-state index is -1.29. The van der Waals surface area contributed by atoms with Crippen molar-refractivity contribution in [2.75, 3.05) is 0 Å². The lowest BCUT2D eigenvalue weighted by molar-refractivity contribution is 1.51. The Labute approximate surface area is 113 Å². The topological polar surface area (TPSA) is 28.7 Å². The lowest BCUT2D eigenvalue weighted by atomic mass is 10.2. The maximum atomic E-state index is 4.29. The van der Waals surface area contributed by atoms with E-state index >= 15 is 0 Å². The summed E-state index contributed by atoms with van der Waals surface area (Å²) in [6.45, 7) is 7.07. The highest BCUT2D eigenvalue weighted by Gasteiger charge is 2.20. The average Bonchev–Trinajstić information content (AvgIpc) is 2.78. The van der Waals surface area contributed by atoms with Crippen LogP contribution in [0.4, 0.5) is 0 Å². The van der Waals surface area contributed by atoms with E-state index in [0.717, 1.165) is 4.47 Å². The predicted molar refractivity (Wildman–Crippen MR) is 82.2 cm³/mol. The number of benzene rings is 1. The van der Waals surface area contributed by atoms with Gasteiger partial charge in [0, 0.05) is 15.2 Å². The Morgan fingerprint density at radius 2 is 2.06 bits per heavy atom. The first-order valence-corrected chi connectivity index (χ1v) is 10.6. The average molecular weight is 325 g/mol. The Kier molecular flexibility index (Phi) is 2.47. The molecule has 1 aromatic carbocycles. The van der Waals surface area contributed by atoms with Crippen molar-refractivity contribution in [2.45, 2.75) is 19.6 Å². The Morgan fingerprint density at radius 3 is 2.76 bits per heavy atom. The molecule has 88 valence electrons. The van der Waals surface area contributed by atoms with E-state index in [-0.39, 0.29) is 0 Å². The van der Waals surface area contributed by atoms with Gasteiger partial charge in [-0.15, -0.1) is 0 Å². The van der Waals surface area contributed by atoms with Crippen LogP contribution in [-0.2, 0) is 0 Å². The van der Waals surface area contributed by atoms with E-state index in [2.05, 4.69) is 57.1 Å². The van der Waals surface area contributed by atoms with Crippen molar-refractivity contribution in [3.05, 3.63) is 22.8 Å². The zero-order valence-corrected chi connectivity index (χ0v) is 13.4. The first-order valence-electron chi connectivity index (χ1n) is 5.53. The summed E-state index contributed by atoms with van der Waals surface area (Å²) in [5, 5.41) is 3.91. The lowest BCUT2D eigenvalue weighted by Gasteiger charge is -2.12. The molecule has 0 amide bonds. The van der Waals surface area contributed by atoms with Crippen molar-refractivity contribution in [1.29, 1.82) is 0 Å². The van der Waals surface area contributed by atoms with Crippen LogP contribution in [0.5, 0.6) is 0 Å². The van der Waals surface area contributed by atoms with Crippen molar-refractivity contribution < 1.29 is 0 Å². The monoisotopic (exact) mass is 324 g/mol. The second-order valence-corrected chi connectivity index (χ2v) is 12.0. The Hall–Kier alpha value is -0.653. The maximum Gasteiger partial charge on any atom is 0.0982 e. The van der Waals surface area contributed by atoms with Crippen molar-refractivity contribution in [2.24, 2.45) is 0 Å². The van der Waals surface area contributed by atoms with Crippen LogP contribution >= 0.6 is 27.5 Å². The molecule has 2 nitrogen and oxygen atoms in total. The van der Waals surface area contributed by atoms with E-state index in [1.54, 1.807) is 0 Å². The number of aromatic nitrogens is 2. The predicted octanol–water partition coefficient (Wildman–Crippen LogP) is 4.09. The molecule has 17 heavy (non-hydrogen) atoms. The summed E-state index contributed by atoms with van der Waals surface area (Å²) in [5.74, 6) is 0. The summed E-state index contributed by atoms with van der Waals surface area (Å²) in [5.41, 5.74) is 1.23. The fourth-order valence-corrected chi connectivity index (χ4v) is 4.43. The summed E-state index contributed by atoms with van der Waals surface area (Å²) in [7, 11) is -1.29. The summed E-state index contributed by atoms with van der Waals surface area (Å²) in [6.07, 6.45) is 1.96. The molecule has 0 saturated carbocycles.